The predicted octanol–water partition coefficient (Wildman–Crippen LogP) is 1.58. The molecule has 2 rings (SSSR count). The van der Waals surface area contributed by atoms with E-state index in [0.717, 1.165) is 17.0 Å². The molecule has 0 saturated carbocycles. The molecule has 1 aromatic carbocycles. The molecule has 0 radical (unpaired) electrons. The second-order valence-electron chi connectivity index (χ2n) is 5.04. The first kappa shape index (κ1) is 15.3. The summed E-state index contributed by atoms with van der Waals surface area (Å²) in [5.41, 5.74) is 2.40. The first-order valence-electron chi connectivity index (χ1n) is 6.58. The third-order valence-corrected chi connectivity index (χ3v) is 3.57. The van der Waals surface area contributed by atoms with Gasteiger partial charge in [0.2, 0.25) is 0 Å². The highest BCUT2D eigenvalue weighted by molar-refractivity contribution is 7.80. The molecule has 1 unspecified atom stereocenters. The van der Waals surface area contributed by atoms with Crippen molar-refractivity contribution in [1.29, 1.82) is 0 Å². The Labute approximate surface area is 130 Å². The number of nitrogens with zero attached hydrogens (tertiary/aromatic N) is 1. The van der Waals surface area contributed by atoms with Crippen molar-refractivity contribution in [2.24, 2.45) is 0 Å². The molecule has 0 aliphatic carbocycles. The van der Waals surface area contributed by atoms with Gasteiger partial charge >= 0.3 is 0 Å². The van der Waals surface area contributed by atoms with Gasteiger partial charge in [0.05, 0.1) is 18.7 Å². The summed E-state index contributed by atoms with van der Waals surface area (Å²) in [4.78, 5) is 14.0. The van der Waals surface area contributed by atoms with Crippen molar-refractivity contribution >= 4 is 23.2 Å². The van der Waals surface area contributed by atoms with Crippen LogP contribution in [-0.4, -0.2) is 37.1 Å². The molecule has 112 valence electrons. The lowest BCUT2D eigenvalue weighted by atomic mass is 9.94. The Balaban J connectivity index is 2.44. The summed E-state index contributed by atoms with van der Waals surface area (Å²) in [6, 6.07) is 7.34. The van der Waals surface area contributed by atoms with E-state index in [-0.39, 0.29) is 11.9 Å². The van der Waals surface area contributed by atoms with E-state index in [1.807, 2.05) is 31.2 Å². The van der Waals surface area contributed by atoms with Crippen molar-refractivity contribution in [3.05, 3.63) is 41.1 Å². The minimum atomic E-state index is -0.264. The largest absolute Gasteiger partial charge is 0.497 e. The zero-order valence-electron chi connectivity index (χ0n) is 12.6. The van der Waals surface area contributed by atoms with Gasteiger partial charge < -0.3 is 20.3 Å². The highest BCUT2D eigenvalue weighted by Gasteiger charge is 2.30. The van der Waals surface area contributed by atoms with Crippen molar-refractivity contribution in [2.45, 2.75) is 13.0 Å². The van der Waals surface area contributed by atoms with E-state index in [4.69, 9.17) is 17.0 Å². The molecule has 0 spiro atoms. The Kier molecular flexibility index (Phi) is 4.47. The smallest absolute Gasteiger partial charge is 0.253 e. The molecular weight excluding hydrogens is 286 g/mol. The van der Waals surface area contributed by atoms with Gasteiger partial charge in [-0.2, -0.15) is 0 Å². The Bertz CT molecular complexity index is 593. The van der Waals surface area contributed by atoms with Gasteiger partial charge in [-0.25, -0.2) is 0 Å². The number of thiocarbonyl (C=S) groups is 1. The zero-order chi connectivity index (χ0) is 15.6. The molecule has 1 aromatic rings. The highest BCUT2D eigenvalue weighted by Crippen LogP contribution is 2.28. The van der Waals surface area contributed by atoms with Crippen LogP contribution in [0.3, 0.4) is 0 Å². The molecule has 5 nitrogen and oxygen atoms in total. The van der Waals surface area contributed by atoms with E-state index in [0.29, 0.717) is 10.7 Å². The minimum Gasteiger partial charge on any atom is -0.497 e. The van der Waals surface area contributed by atoms with Crippen molar-refractivity contribution in [2.75, 3.05) is 21.2 Å². The number of likely N-dealkylation sites (N-methyl/N-ethyl adjacent to an activating group) is 1. The van der Waals surface area contributed by atoms with E-state index in [1.165, 1.54) is 0 Å². The number of carbonyl (C=O) groups excluding carboxylic acids is 1. The van der Waals surface area contributed by atoms with Crippen molar-refractivity contribution in [3.63, 3.8) is 0 Å². The molecule has 2 N–H and O–H groups in total. The molecule has 1 aliphatic heterocycles. The number of methoxy groups -OCH3 is 1. The van der Waals surface area contributed by atoms with Gasteiger partial charge in [-0.1, -0.05) is 12.1 Å². The number of hydrogen-bond acceptors (Lipinski definition) is 3. The molecule has 0 aromatic heterocycles. The summed E-state index contributed by atoms with van der Waals surface area (Å²) < 4.78 is 5.17. The predicted molar refractivity (Wildman–Crippen MR) is 86.0 cm³/mol. The summed E-state index contributed by atoms with van der Waals surface area (Å²) in [7, 11) is 5.10. The van der Waals surface area contributed by atoms with E-state index in [9.17, 15) is 4.79 Å². The molecule has 1 heterocycles. The number of carbonyl (C=O) groups is 1. The molecule has 1 amide bonds. The second kappa shape index (κ2) is 6.13. The van der Waals surface area contributed by atoms with Crippen molar-refractivity contribution in [1.82, 2.24) is 15.5 Å². The Morgan fingerprint density at radius 2 is 1.90 bits per heavy atom. The normalized spacial score (nSPS) is 17.9. The van der Waals surface area contributed by atoms with Crippen molar-refractivity contribution < 1.29 is 9.53 Å². The number of hydrogen-bond donors (Lipinski definition) is 2. The van der Waals surface area contributed by atoms with Gasteiger partial charge in [0, 0.05) is 19.8 Å². The van der Waals surface area contributed by atoms with Gasteiger partial charge in [-0.15, -0.1) is 0 Å². The SMILES string of the molecule is COc1ccc(C2NC(=S)NC(C)=C2C(=O)N(C)C)cc1. The molecule has 21 heavy (non-hydrogen) atoms. The quantitative estimate of drug-likeness (QED) is 0.830. The van der Waals surface area contributed by atoms with Gasteiger partial charge in [0.1, 0.15) is 5.75 Å². The maximum Gasteiger partial charge on any atom is 0.253 e. The van der Waals surface area contributed by atoms with Crippen LogP contribution in [-0.2, 0) is 4.79 Å². The summed E-state index contributed by atoms with van der Waals surface area (Å²) in [5, 5.41) is 6.69. The van der Waals surface area contributed by atoms with E-state index in [2.05, 4.69) is 10.6 Å². The van der Waals surface area contributed by atoms with Crippen LogP contribution >= 0.6 is 12.2 Å². The van der Waals surface area contributed by atoms with E-state index >= 15 is 0 Å². The Morgan fingerprint density at radius 3 is 2.43 bits per heavy atom. The molecule has 0 fully saturated rings. The summed E-state index contributed by atoms with van der Waals surface area (Å²) in [6.45, 7) is 1.86. The van der Waals surface area contributed by atoms with Crippen LogP contribution in [0.15, 0.2) is 35.5 Å². The first-order chi connectivity index (χ1) is 9.93. The molecule has 6 heteroatoms. The maximum atomic E-state index is 12.4. The lowest BCUT2D eigenvalue weighted by molar-refractivity contribution is -0.125. The fraction of sp³-hybridized carbons (Fsp3) is 0.333. The van der Waals surface area contributed by atoms with Gasteiger partial charge in [-0.05, 0) is 36.8 Å². The Morgan fingerprint density at radius 1 is 1.29 bits per heavy atom. The Hall–Kier alpha value is -2.08. The number of nitrogens with one attached hydrogen (secondary N) is 2. The number of amides is 1. The lowest BCUT2D eigenvalue weighted by Gasteiger charge is -2.31. The first-order valence-corrected chi connectivity index (χ1v) is 6.98. The zero-order valence-corrected chi connectivity index (χ0v) is 13.4. The summed E-state index contributed by atoms with van der Waals surface area (Å²) in [5.74, 6) is 0.729. The average Bonchev–Trinajstić information content (AvgIpc) is 2.46. The van der Waals surface area contributed by atoms with Crippen LogP contribution in [0.2, 0.25) is 0 Å². The molecule has 0 bridgehead atoms. The number of rotatable bonds is 3. The van der Waals surface area contributed by atoms with Gasteiger partial charge in [-0.3, -0.25) is 4.79 Å². The number of benzene rings is 1. The number of ether oxygens (including phenoxy) is 1. The lowest BCUT2D eigenvalue weighted by Crippen LogP contribution is -2.46. The third-order valence-electron chi connectivity index (χ3n) is 3.35. The molecule has 0 saturated heterocycles. The van der Waals surface area contributed by atoms with Crippen LogP contribution in [0.25, 0.3) is 0 Å². The van der Waals surface area contributed by atoms with Crippen molar-refractivity contribution in [3.8, 4) is 5.75 Å². The fourth-order valence-electron chi connectivity index (χ4n) is 2.26. The van der Waals surface area contributed by atoms with E-state index in [1.54, 1.807) is 26.1 Å². The highest BCUT2D eigenvalue weighted by atomic mass is 32.1. The van der Waals surface area contributed by atoms with Crippen LogP contribution in [0.4, 0.5) is 0 Å². The maximum absolute atomic E-state index is 12.4. The van der Waals surface area contributed by atoms with Crippen LogP contribution in [0.5, 0.6) is 5.75 Å². The number of allylic oxidation sites excluding steroid dienone is 1. The van der Waals surface area contributed by atoms with Gasteiger partial charge in [0.15, 0.2) is 5.11 Å². The summed E-state index contributed by atoms with van der Waals surface area (Å²) >= 11 is 5.21. The third kappa shape index (κ3) is 3.16. The topological polar surface area (TPSA) is 53.6 Å². The molecule has 1 aliphatic rings. The molecule has 1 atom stereocenters. The fourth-order valence-corrected chi connectivity index (χ4v) is 2.54. The average molecular weight is 305 g/mol. The van der Waals surface area contributed by atoms with Crippen LogP contribution in [0.1, 0.15) is 18.5 Å². The minimum absolute atomic E-state index is 0.0455. The molecular formula is C15H19N3O2S. The summed E-state index contributed by atoms with van der Waals surface area (Å²) in [6.07, 6.45) is 0. The monoisotopic (exact) mass is 305 g/mol. The van der Waals surface area contributed by atoms with E-state index < -0.39 is 0 Å². The van der Waals surface area contributed by atoms with Crippen LogP contribution < -0.4 is 15.4 Å². The second-order valence-corrected chi connectivity index (χ2v) is 5.45. The van der Waals surface area contributed by atoms with Gasteiger partial charge in [0.25, 0.3) is 5.91 Å². The standard InChI is InChI=1S/C15H19N3O2S/c1-9-12(14(19)18(2)3)13(17-15(21)16-9)10-5-7-11(20-4)8-6-10/h5-8,13H,1-4H3,(H2,16,17,21). The van der Waals surface area contributed by atoms with Crippen LogP contribution in [0, 0.1) is 0 Å².